The van der Waals surface area contributed by atoms with Gasteiger partial charge < -0.3 is 14.9 Å². The van der Waals surface area contributed by atoms with Crippen LogP contribution in [0.2, 0.25) is 0 Å². The van der Waals surface area contributed by atoms with Gasteiger partial charge in [-0.2, -0.15) is 23.0 Å². The Hall–Kier alpha value is -3.41. The highest BCUT2D eigenvalue weighted by Crippen LogP contribution is 2.41. The third kappa shape index (κ3) is 4.15. The van der Waals surface area contributed by atoms with E-state index < -0.39 is 29.3 Å². The molecule has 0 aliphatic carbocycles. The molecule has 2 aliphatic heterocycles. The molecule has 0 atom stereocenters. The molecule has 12 heteroatoms. The normalized spacial score (nSPS) is 17.9. The van der Waals surface area contributed by atoms with Gasteiger partial charge in [0.15, 0.2) is 5.69 Å². The maximum Gasteiger partial charge on any atom is 0.416 e. The lowest BCUT2D eigenvalue weighted by molar-refractivity contribution is -0.137. The number of carbonyl (C=O) groups is 3. The summed E-state index contributed by atoms with van der Waals surface area (Å²) >= 11 is 1.06. The molecule has 35 heavy (non-hydrogen) atoms. The minimum atomic E-state index is -4.45. The average molecular weight is 507 g/mol. The monoisotopic (exact) mass is 506 g/mol. The molecular formula is C23H21F3N4O4S. The van der Waals surface area contributed by atoms with Crippen molar-refractivity contribution in [3.05, 3.63) is 52.7 Å². The van der Waals surface area contributed by atoms with Crippen LogP contribution in [0.1, 0.15) is 51.4 Å². The van der Waals surface area contributed by atoms with Crippen LogP contribution in [0.25, 0.3) is 10.1 Å². The van der Waals surface area contributed by atoms with E-state index in [1.165, 1.54) is 18.3 Å². The number of likely N-dealkylation sites (tertiary alicyclic amines) is 2. The van der Waals surface area contributed by atoms with Gasteiger partial charge in [-0.1, -0.05) is 6.07 Å². The van der Waals surface area contributed by atoms with Crippen molar-refractivity contribution in [3.63, 3.8) is 0 Å². The van der Waals surface area contributed by atoms with Gasteiger partial charge in [-0.15, -0.1) is 11.3 Å². The van der Waals surface area contributed by atoms with Crippen molar-refractivity contribution in [2.45, 2.75) is 37.4 Å². The minimum Gasteiger partial charge on any atom is -0.476 e. The fraction of sp³-hybridized carbons (Fsp3) is 0.391. The number of nitrogens with zero attached hydrogens (tertiary/aromatic N) is 4. The molecular weight excluding hydrogens is 485 g/mol. The molecule has 1 N–H and O–H groups in total. The zero-order chi connectivity index (χ0) is 25.0. The number of piperidine rings is 1. The van der Waals surface area contributed by atoms with E-state index in [1.807, 2.05) is 4.90 Å². The third-order valence-electron chi connectivity index (χ3n) is 6.87. The number of benzene rings is 1. The summed E-state index contributed by atoms with van der Waals surface area (Å²) in [6, 6.07) is 5.96. The van der Waals surface area contributed by atoms with Crippen molar-refractivity contribution in [2.75, 3.05) is 19.6 Å². The molecule has 0 radical (unpaired) electrons. The number of thiophene rings is 1. The third-order valence-corrected chi connectivity index (χ3v) is 7.95. The van der Waals surface area contributed by atoms with E-state index in [9.17, 15) is 27.6 Å². The van der Waals surface area contributed by atoms with E-state index in [0.29, 0.717) is 47.4 Å². The lowest BCUT2D eigenvalue weighted by Gasteiger charge is -2.44. The fourth-order valence-electron chi connectivity index (χ4n) is 5.02. The lowest BCUT2D eigenvalue weighted by atomic mass is 9.85. The van der Waals surface area contributed by atoms with Crippen LogP contribution in [-0.4, -0.2) is 67.8 Å². The van der Waals surface area contributed by atoms with Gasteiger partial charge >= 0.3 is 18.2 Å². The van der Waals surface area contributed by atoms with Crippen molar-refractivity contribution >= 4 is 39.3 Å². The molecule has 2 aromatic heterocycles. The van der Waals surface area contributed by atoms with Crippen molar-refractivity contribution in [2.24, 2.45) is 0 Å². The van der Waals surface area contributed by atoms with Gasteiger partial charge in [0.2, 0.25) is 0 Å². The number of hydrogen-bond acceptors (Lipinski definition) is 5. The molecule has 8 nitrogen and oxygen atoms in total. The van der Waals surface area contributed by atoms with Gasteiger partial charge in [0.1, 0.15) is 0 Å². The number of fused-ring (bicyclic) bond motifs is 1. The summed E-state index contributed by atoms with van der Waals surface area (Å²) in [5, 5.41) is 13.4. The van der Waals surface area contributed by atoms with Crippen LogP contribution in [0, 0.1) is 0 Å². The Bertz CT molecular complexity index is 1320. The predicted octanol–water partition coefficient (Wildman–Crippen LogP) is 4.55. The van der Waals surface area contributed by atoms with Gasteiger partial charge in [-0.05, 0) is 55.3 Å². The van der Waals surface area contributed by atoms with E-state index in [-0.39, 0.29) is 11.6 Å². The highest BCUT2D eigenvalue weighted by atomic mass is 32.1. The predicted molar refractivity (Wildman–Crippen MR) is 121 cm³/mol. The van der Waals surface area contributed by atoms with Gasteiger partial charge in [0, 0.05) is 36.1 Å². The first-order valence-corrected chi connectivity index (χ1v) is 11.9. The highest BCUT2D eigenvalue weighted by Gasteiger charge is 2.46. The minimum absolute atomic E-state index is 0.199. The molecule has 2 fully saturated rings. The maximum atomic E-state index is 13.4. The molecule has 5 rings (SSSR count). The number of carboxylic acids is 1. The number of carbonyl (C=O) groups excluding carboxylic acids is 2. The molecule has 4 heterocycles. The van der Waals surface area contributed by atoms with E-state index >= 15 is 0 Å². The van der Waals surface area contributed by atoms with Crippen LogP contribution in [0.5, 0.6) is 0 Å². The SMILES string of the molecule is O=C(O)c1ccn(C(=O)N2CCC3(CCCN3C(=O)c3cc4ccc(C(F)(F)F)cc4s3)CC2)n1. The highest BCUT2D eigenvalue weighted by molar-refractivity contribution is 7.20. The van der Waals surface area contributed by atoms with Crippen LogP contribution in [-0.2, 0) is 6.18 Å². The first-order chi connectivity index (χ1) is 16.6. The number of carboxylic acid groups (broad SMARTS) is 1. The van der Waals surface area contributed by atoms with Crippen LogP contribution in [0.15, 0.2) is 36.5 Å². The molecule has 0 saturated carbocycles. The van der Waals surface area contributed by atoms with Crippen molar-refractivity contribution < 1.29 is 32.7 Å². The quantitative estimate of drug-likeness (QED) is 0.550. The van der Waals surface area contributed by atoms with Crippen molar-refractivity contribution in [1.82, 2.24) is 19.6 Å². The molecule has 2 saturated heterocycles. The second-order valence-electron chi connectivity index (χ2n) is 8.87. The number of alkyl halides is 3. The Kier molecular flexibility index (Phi) is 5.58. The first kappa shape index (κ1) is 23.3. The summed E-state index contributed by atoms with van der Waals surface area (Å²) in [7, 11) is 0. The standard InChI is InChI=1S/C23H21F3N4O4S/c24-23(25,26)15-3-2-14-12-18(35-17(14)13-15)19(31)29-8-1-5-22(29)6-10-28(11-7-22)21(34)30-9-4-16(27-30)20(32)33/h2-4,9,12-13H,1,5-8,10-11H2,(H,32,33). The largest absolute Gasteiger partial charge is 0.476 e. The Balaban J connectivity index is 1.31. The van der Waals surface area contributed by atoms with E-state index in [4.69, 9.17) is 5.11 Å². The molecule has 0 bridgehead atoms. The van der Waals surface area contributed by atoms with Gasteiger partial charge in [-0.25, -0.2) is 9.59 Å². The second kappa shape index (κ2) is 8.36. The summed E-state index contributed by atoms with van der Waals surface area (Å²) in [6.07, 6.45) is -0.425. The summed E-state index contributed by atoms with van der Waals surface area (Å²) in [5.41, 5.74) is -1.38. The van der Waals surface area contributed by atoms with Crippen LogP contribution < -0.4 is 0 Å². The number of aromatic nitrogens is 2. The van der Waals surface area contributed by atoms with E-state index in [2.05, 4.69) is 5.10 Å². The molecule has 3 aromatic rings. The fourth-order valence-corrected chi connectivity index (χ4v) is 6.08. The zero-order valence-corrected chi connectivity index (χ0v) is 19.2. The first-order valence-electron chi connectivity index (χ1n) is 11.1. The van der Waals surface area contributed by atoms with Gasteiger partial charge in [0.25, 0.3) is 5.91 Å². The molecule has 2 aliphatic rings. The summed E-state index contributed by atoms with van der Waals surface area (Å²) in [6.45, 7) is 1.31. The molecule has 2 amide bonds. The zero-order valence-electron chi connectivity index (χ0n) is 18.4. The lowest BCUT2D eigenvalue weighted by Crippen LogP contribution is -2.55. The Morgan fingerprint density at radius 1 is 1.03 bits per heavy atom. The van der Waals surface area contributed by atoms with Crippen molar-refractivity contribution in [3.8, 4) is 0 Å². The van der Waals surface area contributed by atoms with Crippen LogP contribution in [0.4, 0.5) is 18.0 Å². The van der Waals surface area contributed by atoms with Gasteiger partial charge in [-0.3, -0.25) is 4.79 Å². The van der Waals surface area contributed by atoms with E-state index in [0.717, 1.165) is 41.0 Å². The summed E-state index contributed by atoms with van der Waals surface area (Å²) < 4.78 is 40.6. The van der Waals surface area contributed by atoms with Crippen LogP contribution >= 0.6 is 11.3 Å². The average Bonchev–Trinajstić information content (AvgIpc) is 3.56. The Morgan fingerprint density at radius 2 is 1.77 bits per heavy atom. The number of halogens is 3. The van der Waals surface area contributed by atoms with Gasteiger partial charge in [0.05, 0.1) is 10.4 Å². The Morgan fingerprint density at radius 3 is 2.43 bits per heavy atom. The molecule has 0 unspecified atom stereocenters. The molecule has 1 spiro atoms. The van der Waals surface area contributed by atoms with Crippen LogP contribution in [0.3, 0.4) is 0 Å². The second-order valence-corrected chi connectivity index (χ2v) is 9.95. The number of hydrogen-bond donors (Lipinski definition) is 1. The molecule has 184 valence electrons. The Labute approximate surface area is 201 Å². The summed E-state index contributed by atoms with van der Waals surface area (Å²) in [4.78, 5) is 41.0. The topological polar surface area (TPSA) is 95.7 Å². The smallest absolute Gasteiger partial charge is 0.416 e. The maximum absolute atomic E-state index is 13.4. The number of rotatable bonds is 2. The van der Waals surface area contributed by atoms with E-state index in [1.54, 1.807) is 11.0 Å². The summed E-state index contributed by atoms with van der Waals surface area (Å²) in [5.74, 6) is -1.42. The number of amides is 2. The number of aromatic carboxylic acids is 1. The van der Waals surface area contributed by atoms with Crippen molar-refractivity contribution in [1.29, 1.82) is 0 Å². The molecule has 1 aromatic carbocycles.